The Balaban J connectivity index is 1.89. The molecule has 5 nitrogen and oxygen atoms in total. The standard InChI is InChI=1S/C19H21NO4/c1-13(6-7-14-8-10-17(24-2)11-9-14)20-18(21)15-4-3-5-16(12-15)19(22)23/h3-5,8-13H,6-7H2,1-2H3,(H,20,21)(H,22,23). The summed E-state index contributed by atoms with van der Waals surface area (Å²) in [6.45, 7) is 1.93. The summed E-state index contributed by atoms with van der Waals surface area (Å²) in [5, 5.41) is 11.9. The third-order valence-electron chi connectivity index (χ3n) is 3.77. The van der Waals surface area contributed by atoms with Gasteiger partial charge in [-0.25, -0.2) is 4.79 Å². The van der Waals surface area contributed by atoms with Crippen LogP contribution in [0.3, 0.4) is 0 Å². The number of ether oxygens (including phenoxy) is 1. The van der Waals surface area contributed by atoms with Crippen LogP contribution in [0.25, 0.3) is 0 Å². The SMILES string of the molecule is COc1ccc(CCC(C)NC(=O)c2cccc(C(=O)O)c2)cc1. The van der Waals surface area contributed by atoms with Crippen molar-refractivity contribution in [1.82, 2.24) is 5.32 Å². The van der Waals surface area contributed by atoms with Crippen LogP contribution in [0.1, 0.15) is 39.6 Å². The molecule has 0 aliphatic heterocycles. The number of carbonyl (C=O) groups is 2. The van der Waals surface area contributed by atoms with E-state index in [0.29, 0.717) is 5.56 Å². The van der Waals surface area contributed by atoms with Gasteiger partial charge in [0.1, 0.15) is 5.75 Å². The molecule has 2 rings (SSSR count). The molecule has 0 saturated carbocycles. The number of aryl methyl sites for hydroxylation is 1. The van der Waals surface area contributed by atoms with Gasteiger partial charge in [0.2, 0.25) is 0 Å². The lowest BCUT2D eigenvalue weighted by molar-refractivity contribution is 0.0697. The molecule has 0 fully saturated rings. The van der Waals surface area contributed by atoms with E-state index >= 15 is 0 Å². The van der Waals surface area contributed by atoms with Crippen molar-refractivity contribution in [2.45, 2.75) is 25.8 Å². The van der Waals surface area contributed by atoms with Crippen molar-refractivity contribution >= 4 is 11.9 Å². The maximum atomic E-state index is 12.2. The Morgan fingerprint density at radius 3 is 2.42 bits per heavy atom. The molecule has 0 radical (unpaired) electrons. The maximum absolute atomic E-state index is 12.2. The largest absolute Gasteiger partial charge is 0.497 e. The number of carbonyl (C=O) groups excluding carboxylic acids is 1. The number of methoxy groups -OCH3 is 1. The van der Waals surface area contributed by atoms with Crippen LogP contribution in [-0.4, -0.2) is 30.1 Å². The first-order chi connectivity index (χ1) is 11.5. The Labute approximate surface area is 141 Å². The van der Waals surface area contributed by atoms with E-state index in [4.69, 9.17) is 9.84 Å². The molecule has 0 heterocycles. The van der Waals surface area contributed by atoms with E-state index in [2.05, 4.69) is 5.32 Å². The van der Waals surface area contributed by atoms with E-state index in [0.717, 1.165) is 18.6 Å². The van der Waals surface area contributed by atoms with Gasteiger partial charge in [-0.15, -0.1) is 0 Å². The third-order valence-corrected chi connectivity index (χ3v) is 3.77. The number of carboxylic acid groups (broad SMARTS) is 1. The zero-order valence-electron chi connectivity index (χ0n) is 13.8. The summed E-state index contributed by atoms with van der Waals surface area (Å²) in [6.07, 6.45) is 1.62. The van der Waals surface area contributed by atoms with Gasteiger partial charge >= 0.3 is 5.97 Å². The Morgan fingerprint density at radius 1 is 1.12 bits per heavy atom. The highest BCUT2D eigenvalue weighted by Crippen LogP contribution is 2.13. The second-order valence-electron chi connectivity index (χ2n) is 5.65. The number of hydrogen-bond acceptors (Lipinski definition) is 3. The van der Waals surface area contributed by atoms with Crippen molar-refractivity contribution in [3.8, 4) is 5.75 Å². The highest BCUT2D eigenvalue weighted by Gasteiger charge is 2.12. The van der Waals surface area contributed by atoms with E-state index in [9.17, 15) is 9.59 Å². The van der Waals surface area contributed by atoms with Gasteiger partial charge in [-0.1, -0.05) is 18.2 Å². The molecular formula is C19H21NO4. The van der Waals surface area contributed by atoms with Gasteiger partial charge in [0, 0.05) is 11.6 Å². The number of benzene rings is 2. The van der Waals surface area contributed by atoms with Gasteiger partial charge in [0.05, 0.1) is 12.7 Å². The second kappa shape index (κ2) is 8.15. The quantitative estimate of drug-likeness (QED) is 0.819. The lowest BCUT2D eigenvalue weighted by atomic mass is 10.1. The van der Waals surface area contributed by atoms with Crippen molar-refractivity contribution in [1.29, 1.82) is 0 Å². The summed E-state index contributed by atoms with van der Waals surface area (Å²) < 4.78 is 5.12. The average Bonchev–Trinajstić information content (AvgIpc) is 2.60. The van der Waals surface area contributed by atoms with Crippen LogP contribution in [0, 0.1) is 0 Å². The van der Waals surface area contributed by atoms with E-state index in [1.807, 2.05) is 31.2 Å². The van der Waals surface area contributed by atoms with Crippen molar-refractivity contribution < 1.29 is 19.4 Å². The molecule has 0 aliphatic carbocycles. The second-order valence-corrected chi connectivity index (χ2v) is 5.65. The van der Waals surface area contributed by atoms with Crippen molar-refractivity contribution in [3.05, 3.63) is 65.2 Å². The molecule has 2 N–H and O–H groups in total. The fraction of sp³-hybridized carbons (Fsp3) is 0.263. The van der Waals surface area contributed by atoms with Crippen LogP contribution in [0.2, 0.25) is 0 Å². The van der Waals surface area contributed by atoms with Crippen molar-refractivity contribution in [3.63, 3.8) is 0 Å². The zero-order valence-corrected chi connectivity index (χ0v) is 13.8. The summed E-state index contributed by atoms with van der Waals surface area (Å²) in [5.74, 6) is -0.490. The minimum absolute atomic E-state index is 0.0203. The Kier molecular flexibility index (Phi) is 5.95. The van der Waals surface area contributed by atoms with Gasteiger partial charge in [-0.3, -0.25) is 4.79 Å². The number of nitrogens with one attached hydrogen (secondary N) is 1. The van der Waals surface area contributed by atoms with Gasteiger partial charge in [-0.2, -0.15) is 0 Å². The molecule has 0 bridgehead atoms. The average molecular weight is 327 g/mol. The minimum atomic E-state index is -1.04. The fourth-order valence-corrected chi connectivity index (χ4v) is 2.35. The van der Waals surface area contributed by atoms with Crippen molar-refractivity contribution in [2.24, 2.45) is 0 Å². The van der Waals surface area contributed by atoms with Crippen LogP contribution in [0.4, 0.5) is 0 Å². The Morgan fingerprint density at radius 2 is 1.79 bits per heavy atom. The molecule has 2 aromatic carbocycles. The van der Waals surface area contributed by atoms with Gasteiger partial charge < -0.3 is 15.2 Å². The van der Waals surface area contributed by atoms with Crippen LogP contribution >= 0.6 is 0 Å². The van der Waals surface area contributed by atoms with E-state index in [1.165, 1.54) is 17.7 Å². The van der Waals surface area contributed by atoms with Gasteiger partial charge in [0.15, 0.2) is 0 Å². The van der Waals surface area contributed by atoms with E-state index in [1.54, 1.807) is 19.2 Å². The minimum Gasteiger partial charge on any atom is -0.497 e. The van der Waals surface area contributed by atoms with Crippen LogP contribution < -0.4 is 10.1 Å². The first-order valence-corrected chi connectivity index (χ1v) is 7.76. The summed E-state index contributed by atoms with van der Waals surface area (Å²) in [7, 11) is 1.63. The molecular weight excluding hydrogens is 306 g/mol. The predicted octanol–water partition coefficient (Wildman–Crippen LogP) is 3.14. The van der Waals surface area contributed by atoms with Crippen LogP contribution in [0.15, 0.2) is 48.5 Å². The van der Waals surface area contributed by atoms with E-state index < -0.39 is 5.97 Å². The normalized spacial score (nSPS) is 11.6. The highest BCUT2D eigenvalue weighted by atomic mass is 16.5. The molecule has 1 atom stereocenters. The van der Waals surface area contributed by atoms with Gasteiger partial charge in [-0.05, 0) is 55.7 Å². The molecule has 126 valence electrons. The summed E-state index contributed by atoms with van der Waals surface area (Å²) in [6, 6.07) is 13.8. The Hall–Kier alpha value is -2.82. The zero-order chi connectivity index (χ0) is 17.5. The monoisotopic (exact) mass is 327 g/mol. The molecule has 24 heavy (non-hydrogen) atoms. The molecule has 5 heteroatoms. The topological polar surface area (TPSA) is 75.6 Å². The fourth-order valence-electron chi connectivity index (χ4n) is 2.35. The number of carboxylic acids is 1. The summed E-state index contributed by atoms with van der Waals surface area (Å²) in [5.41, 5.74) is 1.63. The van der Waals surface area contributed by atoms with Crippen LogP contribution in [-0.2, 0) is 6.42 Å². The first-order valence-electron chi connectivity index (χ1n) is 7.76. The number of amides is 1. The predicted molar refractivity (Wildman–Crippen MR) is 91.6 cm³/mol. The molecule has 1 unspecified atom stereocenters. The number of hydrogen-bond donors (Lipinski definition) is 2. The molecule has 0 saturated heterocycles. The molecule has 0 spiro atoms. The third kappa shape index (κ3) is 4.84. The molecule has 0 aliphatic rings. The number of rotatable bonds is 7. The molecule has 2 aromatic rings. The Bertz CT molecular complexity index is 710. The lowest BCUT2D eigenvalue weighted by Crippen LogP contribution is -2.33. The van der Waals surface area contributed by atoms with Crippen LogP contribution in [0.5, 0.6) is 5.75 Å². The smallest absolute Gasteiger partial charge is 0.335 e. The lowest BCUT2D eigenvalue weighted by Gasteiger charge is -2.14. The summed E-state index contributed by atoms with van der Waals surface area (Å²) >= 11 is 0. The summed E-state index contributed by atoms with van der Waals surface area (Å²) in [4.78, 5) is 23.2. The van der Waals surface area contributed by atoms with Gasteiger partial charge in [0.25, 0.3) is 5.91 Å². The van der Waals surface area contributed by atoms with Crippen molar-refractivity contribution in [2.75, 3.05) is 7.11 Å². The van der Waals surface area contributed by atoms with E-state index in [-0.39, 0.29) is 17.5 Å². The molecule has 1 amide bonds. The first kappa shape index (κ1) is 17.5. The maximum Gasteiger partial charge on any atom is 0.335 e. The number of aromatic carboxylic acids is 1. The highest BCUT2D eigenvalue weighted by molar-refractivity contribution is 5.97. The molecule has 0 aromatic heterocycles.